The zero-order valence-electron chi connectivity index (χ0n) is 12.5. The highest BCUT2D eigenvalue weighted by atomic mass is 79.9. The lowest BCUT2D eigenvalue weighted by Gasteiger charge is -2.15. The molecule has 1 heterocycles. The Morgan fingerprint density at radius 3 is 2.43 bits per heavy atom. The number of hydrogen-bond donors (Lipinski definition) is 1. The third-order valence-electron chi connectivity index (χ3n) is 3.36. The van der Waals surface area contributed by atoms with E-state index >= 15 is 0 Å². The first-order valence-electron chi connectivity index (χ1n) is 6.63. The molecule has 6 heteroatoms. The van der Waals surface area contributed by atoms with Gasteiger partial charge in [-0.2, -0.15) is 0 Å². The summed E-state index contributed by atoms with van der Waals surface area (Å²) in [6.45, 7) is 5.98. The Morgan fingerprint density at radius 1 is 1.38 bits per heavy atom. The lowest BCUT2D eigenvalue weighted by molar-refractivity contribution is 0.0596. The largest absolute Gasteiger partial charge is 0.464 e. The van der Waals surface area contributed by atoms with Crippen LogP contribution in [0.5, 0.6) is 0 Å². The number of ether oxygens (including phenoxy) is 1. The van der Waals surface area contributed by atoms with Crippen molar-refractivity contribution in [2.45, 2.75) is 27.2 Å². The average Bonchev–Trinajstić information content (AvgIpc) is 2.74. The van der Waals surface area contributed by atoms with Crippen LogP contribution in [0.2, 0.25) is 0 Å². The van der Waals surface area contributed by atoms with Crippen LogP contribution in [0, 0.1) is 13.8 Å². The van der Waals surface area contributed by atoms with Crippen LogP contribution in [-0.4, -0.2) is 22.6 Å². The summed E-state index contributed by atoms with van der Waals surface area (Å²) in [5, 5.41) is 0. The van der Waals surface area contributed by atoms with E-state index in [-0.39, 0.29) is 5.69 Å². The smallest absolute Gasteiger partial charge is 0.360 e. The van der Waals surface area contributed by atoms with Gasteiger partial charge in [-0.05, 0) is 37.1 Å². The molecule has 0 radical (unpaired) electrons. The standard InChI is InChI=1S/C15H18BrN3O2/c1-5-11-18-12(15(20)21-4)14(17)19(11)13-8(2)6-10(16)7-9(13)3/h6-7H,5,17H2,1-4H3. The second-order valence-electron chi connectivity index (χ2n) is 4.83. The first kappa shape index (κ1) is 15.6. The summed E-state index contributed by atoms with van der Waals surface area (Å²) in [6.07, 6.45) is 0.663. The van der Waals surface area contributed by atoms with E-state index in [0.29, 0.717) is 12.2 Å². The molecular formula is C15H18BrN3O2. The first-order valence-corrected chi connectivity index (χ1v) is 7.42. The van der Waals surface area contributed by atoms with Gasteiger partial charge in [0.1, 0.15) is 11.6 Å². The average molecular weight is 352 g/mol. The number of rotatable bonds is 3. The molecule has 0 saturated carbocycles. The minimum Gasteiger partial charge on any atom is -0.464 e. The Bertz CT molecular complexity index is 684. The molecule has 0 saturated heterocycles. The molecule has 5 nitrogen and oxygen atoms in total. The molecule has 0 amide bonds. The number of imidazole rings is 1. The maximum atomic E-state index is 11.8. The number of hydrogen-bond acceptors (Lipinski definition) is 4. The van der Waals surface area contributed by atoms with Crippen LogP contribution in [0.15, 0.2) is 16.6 Å². The molecule has 0 aliphatic carbocycles. The lowest BCUT2D eigenvalue weighted by atomic mass is 10.1. The first-order chi connectivity index (χ1) is 9.90. The highest BCUT2D eigenvalue weighted by molar-refractivity contribution is 9.10. The van der Waals surface area contributed by atoms with E-state index in [1.807, 2.05) is 37.5 Å². The third-order valence-corrected chi connectivity index (χ3v) is 3.81. The van der Waals surface area contributed by atoms with Crippen molar-refractivity contribution in [2.75, 3.05) is 12.8 Å². The number of carbonyl (C=O) groups excluding carboxylic acids is 1. The number of halogens is 1. The summed E-state index contributed by atoms with van der Waals surface area (Å²) < 4.78 is 7.59. The fourth-order valence-electron chi connectivity index (χ4n) is 2.47. The van der Waals surface area contributed by atoms with Gasteiger partial charge in [0.2, 0.25) is 0 Å². The van der Waals surface area contributed by atoms with Crippen molar-refractivity contribution in [3.8, 4) is 5.69 Å². The monoisotopic (exact) mass is 351 g/mol. The van der Waals surface area contributed by atoms with Gasteiger partial charge in [-0.15, -0.1) is 0 Å². The van der Waals surface area contributed by atoms with Crippen LogP contribution in [-0.2, 0) is 11.2 Å². The van der Waals surface area contributed by atoms with Gasteiger partial charge in [-0.25, -0.2) is 9.78 Å². The molecule has 0 aliphatic heterocycles. The molecule has 0 unspecified atom stereocenters. The van der Waals surface area contributed by atoms with Gasteiger partial charge in [-0.1, -0.05) is 22.9 Å². The Morgan fingerprint density at radius 2 is 1.95 bits per heavy atom. The van der Waals surface area contributed by atoms with Gasteiger partial charge in [0.05, 0.1) is 12.8 Å². The molecule has 0 bridgehead atoms. The van der Waals surface area contributed by atoms with E-state index < -0.39 is 5.97 Å². The summed E-state index contributed by atoms with van der Waals surface area (Å²) >= 11 is 3.48. The topological polar surface area (TPSA) is 70.1 Å². The number of nitrogen functional groups attached to an aromatic ring is 1. The Balaban J connectivity index is 2.75. The van der Waals surface area contributed by atoms with Crippen LogP contribution in [0.1, 0.15) is 34.4 Å². The number of aromatic nitrogens is 2. The van der Waals surface area contributed by atoms with Crippen molar-refractivity contribution in [1.29, 1.82) is 0 Å². The number of aryl methyl sites for hydroxylation is 3. The quantitative estimate of drug-likeness (QED) is 0.862. The highest BCUT2D eigenvalue weighted by Crippen LogP contribution is 2.29. The maximum Gasteiger partial charge on any atom is 0.360 e. The molecule has 1 aromatic heterocycles. The van der Waals surface area contributed by atoms with Crippen molar-refractivity contribution in [2.24, 2.45) is 0 Å². The Hall–Kier alpha value is -1.82. The van der Waals surface area contributed by atoms with Gasteiger partial charge in [0, 0.05) is 10.9 Å². The van der Waals surface area contributed by atoms with Gasteiger partial charge in [0.25, 0.3) is 0 Å². The molecule has 112 valence electrons. The van der Waals surface area contributed by atoms with E-state index in [1.54, 1.807) is 0 Å². The maximum absolute atomic E-state index is 11.8. The van der Waals surface area contributed by atoms with Crippen LogP contribution >= 0.6 is 15.9 Å². The summed E-state index contributed by atoms with van der Waals surface area (Å²) in [4.78, 5) is 16.1. The number of esters is 1. The van der Waals surface area contributed by atoms with E-state index in [0.717, 1.165) is 27.1 Å². The van der Waals surface area contributed by atoms with Gasteiger partial charge in [0.15, 0.2) is 5.69 Å². The molecule has 1 aromatic carbocycles. The molecule has 21 heavy (non-hydrogen) atoms. The van der Waals surface area contributed by atoms with Crippen LogP contribution in [0.3, 0.4) is 0 Å². The van der Waals surface area contributed by atoms with Crippen LogP contribution in [0.4, 0.5) is 5.82 Å². The second-order valence-corrected chi connectivity index (χ2v) is 5.75. The van der Waals surface area contributed by atoms with E-state index in [4.69, 9.17) is 10.5 Å². The van der Waals surface area contributed by atoms with Gasteiger partial charge < -0.3 is 10.5 Å². The zero-order valence-corrected chi connectivity index (χ0v) is 14.1. The number of carbonyl (C=O) groups is 1. The van der Waals surface area contributed by atoms with E-state index in [1.165, 1.54) is 7.11 Å². The fraction of sp³-hybridized carbons (Fsp3) is 0.333. The van der Waals surface area contributed by atoms with Crippen LogP contribution in [0.25, 0.3) is 5.69 Å². The normalized spacial score (nSPS) is 10.7. The third kappa shape index (κ3) is 2.68. The predicted molar refractivity (Wildman–Crippen MR) is 85.9 cm³/mol. The van der Waals surface area contributed by atoms with Crippen molar-refractivity contribution in [1.82, 2.24) is 9.55 Å². The molecule has 0 spiro atoms. The van der Waals surface area contributed by atoms with Crippen molar-refractivity contribution < 1.29 is 9.53 Å². The summed E-state index contributed by atoms with van der Waals surface area (Å²) in [5.74, 6) is 0.530. The molecule has 0 aliphatic rings. The summed E-state index contributed by atoms with van der Waals surface area (Å²) in [5.41, 5.74) is 9.37. The van der Waals surface area contributed by atoms with E-state index in [9.17, 15) is 4.79 Å². The lowest BCUT2D eigenvalue weighted by Crippen LogP contribution is -2.10. The summed E-state index contributed by atoms with van der Waals surface area (Å²) in [7, 11) is 1.32. The van der Waals surface area contributed by atoms with Crippen molar-refractivity contribution in [3.63, 3.8) is 0 Å². The number of benzene rings is 1. The Kier molecular flexibility index (Phi) is 4.37. The fourth-order valence-corrected chi connectivity index (χ4v) is 3.16. The molecular weight excluding hydrogens is 334 g/mol. The highest BCUT2D eigenvalue weighted by Gasteiger charge is 2.23. The SMILES string of the molecule is CCc1nc(C(=O)OC)c(N)n1-c1c(C)cc(Br)cc1C. The number of methoxy groups -OCH3 is 1. The van der Waals surface area contributed by atoms with Crippen LogP contribution < -0.4 is 5.73 Å². The Labute approximate surface area is 132 Å². The van der Waals surface area contributed by atoms with Gasteiger partial charge >= 0.3 is 5.97 Å². The number of nitrogens with two attached hydrogens (primary N) is 1. The van der Waals surface area contributed by atoms with Crippen molar-refractivity contribution in [3.05, 3.63) is 39.3 Å². The minimum atomic E-state index is -0.520. The minimum absolute atomic E-state index is 0.163. The number of anilines is 1. The molecule has 2 rings (SSSR count). The van der Waals surface area contributed by atoms with E-state index in [2.05, 4.69) is 20.9 Å². The molecule has 0 atom stereocenters. The number of nitrogens with zero attached hydrogens (tertiary/aromatic N) is 2. The summed E-state index contributed by atoms with van der Waals surface area (Å²) in [6, 6.07) is 4.03. The molecule has 2 aromatic rings. The molecule has 2 N–H and O–H groups in total. The zero-order chi connectivity index (χ0) is 15.7. The predicted octanol–water partition coefficient (Wildman–Crippen LogP) is 3.18. The second kappa shape index (κ2) is 5.89. The van der Waals surface area contributed by atoms with Gasteiger partial charge in [-0.3, -0.25) is 4.57 Å². The van der Waals surface area contributed by atoms with Crippen molar-refractivity contribution >= 4 is 27.7 Å². The molecule has 0 fully saturated rings.